The second-order valence-corrected chi connectivity index (χ2v) is 9.29. The van der Waals surface area contributed by atoms with Crippen molar-refractivity contribution in [2.24, 2.45) is 5.41 Å². The third-order valence-electron chi connectivity index (χ3n) is 5.21. The number of halogens is 1. The molecule has 0 saturated heterocycles. The molecule has 0 saturated carbocycles. The lowest BCUT2D eigenvalue weighted by Gasteiger charge is -2.45. The minimum absolute atomic E-state index is 0.00797. The molecule has 0 bridgehead atoms. The van der Waals surface area contributed by atoms with Gasteiger partial charge in [0.15, 0.2) is 11.5 Å². The number of pyridine rings is 1. The molecule has 0 aromatic carbocycles. The van der Waals surface area contributed by atoms with Gasteiger partial charge in [-0.3, -0.25) is 9.59 Å². The van der Waals surface area contributed by atoms with Crippen LogP contribution in [0.1, 0.15) is 44.6 Å². The van der Waals surface area contributed by atoms with Gasteiger partial charge in [0.2, 0.25) is 5.43 Å². The number of hydrogen-bond donors (Lipinski definition) is 0. The van der Waals surface area contributed by atoms with Crippen molar-refractivity contribution in [3.8, 4) is 5.75 Å². The predicted octanol–water partition coefficient (Wildman–Crippen LogP) is 3.09. The van der Waals surface area contributed by atoms with Crippen LogP contribution in [-0.2, 0) is 16.0 Å². The van der Waals surface area contributed by atoms with Crippen LogP contribution in [-0.4, -0.2) is 60.9 Å². The number of methoxy groups -OCH3 is 2. The van der Waals surface area contributed by atoms with Crippen molar-refractivity contribution >= 4 is 27.8 Å². The van der Waals surface area contributed by atoms with Crippen LogP contribution in [0, 0.1) is 5.41 Å². The van der Waals surface area contributed by atoms with Gasteiger partial charge in [0, 0.05) is 33.5 Å². The molecule has 9 heteroatoms. The number of ketones is 1. The zero-order valence-corrected chi connectivity index (χ0v) is 19.6. The molecule has 1 amide bonds. The second kappa shape index (κ2) is 8.47. The molecule has 0 radical (unpaired) electrons. The number of hydrogen-bond acceptors (Lipinski definition) is 6. The van der Waals surface area contributed by atoms with Crippen molar-refractivity contribution in [2.45, 2.75) is 52.3 Å². The first-order valence-corrected chi connectivity index (χ1v) is 10.1. The highest BCUT2D eigenvalue weighted by Gasteiger charge is 2.50. The van der Waals surface area contributed by atoms with E-state index in [1.54, 1.807) is 52.6 Å². The highest BCUT2D eigenvalue weighted by Crippen LogP contribution is 2.41. The van der Waals surface area contributed by atoms with Crippen molar-refractivity contribution in [3.63, 3.8) is 0 Å². The Morgan fingerprint density at radius 3 is 2.48 bits per heavy atom. The number of aromatic nitrogens is 1. The third-order valence-corrected chi connectivity index (χ3v) is 5.78. The fourth-order valence-corrected chi connectivity index (χ4v) is 4.02. The first kappa shape index (κ1) is 23.4. The second-order valence-electron chi connectivity index (χ2n) is 8.44. The Kier molecular flexibility index (Phi) is 6.84. The van der Waals surface area contributed by atoms with Crippen LogP contribution in [0.4, 0.5) is 4.79 Å². The number of rotatable bonds is 5. The van der Waals surface area contributed by atoms with E-state index in [1.165, 1.54) is 12.0 Å². The Morgan fingerprint density at radius 2 is 1.97 bits per heavy atom. The number of Topliss-reactive ketones (excluding diaryl/α,β-unsaturated/α-hetero) is 1. The van der Waals surface area contributed by atoms with Crippen molar-refractivity contribution in [3.05, 3.63) is 26.6 Å². The molecular weight excluding hydrogens is 444 g/mol. The third kappa shape index (κ3) is 4.50. The molecule has 2 rings (SSSR count). The summed E-state index contributed by atoms with van der Waals surface area (Å²) in [4.78, 5) is 40.3. The highest BCUT2D eigenvalue weighted by molar-refractivity contribution is 9.10. The number of amides is 1. The minimum Gasteiger partial charge on any atom is -0.491 e. The smallest absolute Gasteiger partial charge is 0.410 e. The molecule has 2 atom stereocenters. The first-order valence-electron chi connectivity index (χ1n) is 9.34. The number of ether oxygens (including phenoxy) is 3. The summed E-state index contributed by atoms with van der Waals surface area (Å²) in [5, 5.41) is 0. The number of carbonyl (C=O) groups excluding carboxylic acids is 2. The van der Waals surface area contributed by atoms with E-state index in [-0.39, 0.29) is 27.1 Å². The van der Waals surface area contributed by atoms with Crippen LogP contribution < -0.4 is 10.2 Å². The van der Waals surface area contributed by atoms with Crippen LogP contribution in [0.5, 0.6) is 5.75 Å². The van der Waals surface area contributed by atoms with E-state index >= 15 is 0 Å². The van der Waals surface area contributed by atoms with Crippen LogP contribution in [0.2, 0.25) is 0 Å². The molecule has 1 aliphatic heterocycles. The lowest BCUT2D eigenvalue weighted by Crippen LogP contribution is -2.58. The highest BCUT2D eigenvalue weighted by atomic mass is 79.9. The van der Waals surface area contributed by atoms with Crippen molar-refractivity contribution in [1.29, 1.82) is 0 Å². The molecule has 8 nitrogen and oxygen atoms in total. The largest absolute Gasteiger partial charge is 0.491 e. The van der Waals surface area contributed by atoms with Gasteiger partial charge in [0.1, 0.15) is 11.3 Å². The number of nitrogens with zero attached hydrogens (tertiary/aromatic N) is 2. The molecule has 2 unspecified atom stereocenters. The molecule has 162 valence electrons. The monoisotopic (exact) mass is 472 g/mol. The fraction of sp³-hybridized carbons (Fsp3) is 0.650. The van der Waals surface area contributed by atoms with E-state index < -0.39 is 23.2 Å². The van der Waals surface area contributed by atoms with Gasteiger partial charge >= 0.3 is 6.09 Å². The number of likely N-dealkylation sites (N-methyl/N-ethyl adjacent to an activating group) is 1. The molecule has 29 heavy (non-hydrogen) atoms. The Balaban J connectivity index is 2.60. The van der Waals surface area contributed by atoms with Crippen LogP contribution in [0.25, 0.3) is 0 Å². The van der Waals surface area contributed by atoms with E-state index in [4.69, 9.17) is 14.2 Å². The molecule has 0 fully saturated rings. The van der Waals surface area contributed by atoms with Crippen LogP contribution in [0.15, 0.2) is 15.5 Å². The minimum atomic E-state index is -0.991. The zero-order valence-electron chi connectivity index (χ0n) is 18.0. The molecule has 0 spiro atoms. The lowest BCUT2D eigenvalue weighted by molar-refractivity contribution is -0.00448. The van der Waals surface area contributed by atoms with Crippen molar-refractivity contribution in [2.75, 3.05) is 27.9 Å². The first-order chi connectivity index (χ1) is 13.4. The molecule has 1 aliphatic rings. The normalized spacial score (nSPS) is 21.5. The molecule has 2 heterocycles. The van der Waals surface area contributed by atoms with Crippen LogP contribution in [0.3, 0.4) is 0 Å². The van der Waals surface area contributed by atoms with E-state index in [2.05, 4.69) is 15.9 Å². The number of carbonyl (C=O) groups is 2. The molecular formula is C20H29BrN2O6. The van der Waals surface area contributed by atoms with E-state index in [9.17, 15) is 14.4 Å². The maximum atomic E-state index is 13.6. The Labute approximate surface area is 179 Å². The van der Waals surface area contributed by atoms with Gasteiger partial charge in [-0.2, -0.15) is 0 Å². The standard InChI is InChI=1S/C20H29BrN2O6/c1-19(2,3)29-18(26)22(5)13-11-23-10-12(21)15(24)16(28-7)14(23)17(25)20(13,4)8-9-27-6/h10,13H,8-9,11H2,1-7H3. The van der Waals surface area contributed by atoms with Crippen molar-refractivity contribution in [1.82, 2.24) is 9.47 Å². The average Bonchev–Trinajstić information content (AvgIpc) is 2.63. The summed E-state index contributed by atoms with van der Waals surface area (Å²) in [6.45, 7) is 7.77. The molecule has 1 aromatic rings. The van der Waals surface area contributed by atoms with Gasteiger partial charge in [0.05, 0.1) is 23.0 Å². The lowest BCUT2D eigenvalue weighted by atomic mass is 9.71. The number of fused-ring (bicyclic) bond motifs is 1. The van der Waals surface area contributed by atoms with Crippen LogP contribution >= 0.6 is 15.9 Å². The van der Waals surface area contributed by atoms with Gasteiger partial charge in [0.25, 0.3) is 0 Å². The van der Waals surface area contributed by atoms with E-state index in [0.29, 0.717) is 19.6 Å². The summed E-state index contributed by atoms with van der Waals surface area (Å²) < 4.78 is 18.0. The summed E-state index contributed by atoms with van der Waals surface area (Å²) in [6, 6.07) is -0.508. The van der Waals surface area contributed by atoms with Gasteiger partial charge < -0.3 is 23.7 Å². The maximum Gasteiger partial charge on any atom is 0.410 e. The van der Waals surface area contributed by atoms with Gasteiger partial charge in [-0.05, 0) is 43.1 Å². The Bertz CT molecular complexity index is 860. The zero-order chi connectivity index (χ0) is 22.1. The SMILES string of the molecule is COCCC1(C)C(=O)c2c(OC)c(=O)c(Br)cn2CC1N(C)C(=O)OC(C)(C)C. The van der Waals surface area contributed by atoms with Gasteiger partial charge in [-0.15, -0.1) is 0 Å². The van der Waals surface area contributed by atoms with E-state index in [0.717, 1.165) is 0 Å². The summed E-state index contributed by atoms with van der Waals surface area (Å²) in [5.41, 5.74) is -1.84. The predicted molar refractivity (Wildman–Crippen MR) is 112 cm³/mol. The summed E-state index contributed by atoms with van der Waals surface area (Å²) in [6.07, 6.45) is 1.41. The topological polar surface area (TPSA) is 87.1 Å². The average molecular weight is 473 g/mol. The maximum absolute atomic E-state index is 13.6. The van der Waals surface area contributed by atoms with Gasteiger partial charge in [-0.1, -0.05) is 6.92 Å². The fourth-order valence-electron chi connectivity index (χ4n) is 3.59. The van der Waals surface area contributed by atoms with E-state index in [1.807, 2.05) is 0 Å². The molecule has 0 N–H and O–H groups in total. The van der Waals surface area contributed by atoms with Crippen molar-refractivity contribution < 1.29 is 23.8 Å². The summed E-state index contributed by atoms with van der Waals surface area (Å²) >= 11 is 3.23. The quantitative estimate of drug-likeness (QED) is 0.654. The summed E-state index contributed by atoms with van der Waals surface area (Å²) in [7, 11) is 4.54. The Morgan fingerprint density at radius 1 is 1.34 bits per heavy atom. The molecule has 0 aliphatic carbocycles. The summed E-state index contributed by atoms with van der Waals surface area (Å²) in [5.74, 6) is -0.283. The Hall–Kier alpha value is -1.87. The molecule has 1 aromatic heterocycles. The van der Waals surface area contributed by atoms with Gasteiger partial charge in [-0.25, -0.2) is 4.79 Å².